The number of anilines is 1. The number of thiazole rings is 1. The van der Waals surface area contributed by atoms with Gasteiger partial charge in [0.1, 0.15) is 15.6 Å². The minimum atomic E-state index is -0.479. The first-order valence-electron chi connectivity index (χ1n) is 7.97. The molecule has 10 heteroatoms. The molecule has 0 fully saturated rings. The van der Waals surface area contributed by atoms with E-state index in [1.165, 1.54) is 23.2 Å². The third kappa shape index (κ3) is 4.34. The smallest absolute Gasteiger partial charge is 0.350 e. The molecule has 0 radical (unpaired) electrons. The van der Waals surface area contributed by atoms with Crippen LogP contribution in [0.4, 0.5) is 9.52 Å². The molecule has 0 N–H and O–H groups in total. The maximum absolute atomic E-state index is 13.2. The lowest BCUT2D eigenvalue weighted by molar-refractivity contribution is 0.0531. The maximum Gasteiger partial charge on any atom is 0.350 e. The molecule has 27 heavy (non-hydrogen) atoms. The molecule has 2 aromatic heterocycles. The van der Waals surface area contributed by atoms with Crippen molar-refractivity contribution in [1.29, 1.82) is 0 Å². The molecule has 1 amide bonds. The molecule has 0 spiro atoms. The number of hydrogen-bond donors (Lipinski definition) is 0. The van der Waals surface area contributed by atoms with Crippen LogP contribution < -0.4 is 4.90 Å². The number of aryl methyl sites for hydroxylation is 1. The number of halogens is 1. The molecule has 2 heterocycles. The van der Waals surface area contributed by atoms with Crippen molar-refractivity contribution in [3.63, 3.8) is 0 Å². The van der Waals surface area contributed by atoms with E-state index in [0.29, 0.717) is 26.1 Å². The van der Waals surface area contributed by atoms with Crippen molar-refractivity contribution < 1.29 is 18.7 Å². The van der Waals surface area contributed by atoms with Crippen LogP contribution in [-0.4, -0.2) is 33.1 Å². The van der Waals surface area contributed by atoms with E-state index in [0.717, 1.165) is 22.9 Å². The summed E-state index contributed by atoms with van der Waals surface area (Å²) in [6.45, 7) is 3.81. The highest BCUT2D eigenvalue weighted by Crippen LogP contribution is 2.29. The first kappa shape index (κ1) is 19.1. The molecule has 140 valence electrons. The fraction of sp³-hybridized carbons (Fsp3) is 0.235. The normalized spacial score (nSPS) is 10.6. The fourth-order valence-corrected chi connectivity index (χ4v) is 3.70. The van der Waals surface area contributed by atoms with Gasteiger partial charge in [-0.2, -0.15) is 0 Å². The molecular formula is C17H15FN4O3S2. The molecule has 0 saturated heterocycles. The highest BCUT2D eigenvalue weighted by Gasteiger charge is 2.26. The Labute approximate surface area is 162 Å². The summed E-state index contributed by atoms with van der Waals surface area (Å²) < 4.78 is 21.9. The van der Waals surface area contributed by atoms with Crippen molar-refractivity contribution in [2.45, 2.75) is 20.4 Å². The Morgan fingerprint density at radius 1 is 1.26 bits per heavy atom. The molecule has 0 atom stereocenters. The van der Waals surface area contributed by atoms with Gasteiger partial charge >= 0.3 is 5.97 Å². The van der Waals surface area contributed by atoms with Crippen LogP contribution in [0.25, 0.3) is 0 Å². The van der Waals surface area contributed by atoms with Gasteiger partial charge in [0.25, 0.3) is 5.91 Å². The SMILES string of the molecule is CCOC(=O)c1sc(N(Cc2ccc(F)cc2)C(=O)c2cnns2)nc1C. The van der Waals surface area contributed by atoms with Gasteiger partial charge in [-0.3, -0.25) is 9.69 Å². The van der Waals surface area contributed by atoms with E-state index in [-0.39, 0.29) is 24.9 Å². The second-order valence-corrected chi connectivity index (χ2v) is 7.19. The Bertz CT molecular complexity index is 942. The largest absolute Gasteiger partial charge is 0.462 e. The standard InChI is InChI=1S/C17H15FN4O3S2/c1-3-25-16(24)14-10(2)20-17(26-14)22(15(23)13-8-19-21-27-13)9-11-4-6-12(18)7-5-11/h4-8H,3,9H2,1-2H3. The van der Waals surface area contributed by atoms with Gasteiger partial charge in [0.05, 0.1) is 25.0 Å². The van der Waals surface area contributed by atoms with Gasteiger partial charge < -0.3 is 4.74 Å². The van der Waals surface area contributed by atoms with E-state index < -0.39 is 5.97 Å². The number of rotatable bonds is 6. The van der Waals surface area contributed by atoms with Crippen LogP contribution in [0.3, 0.4) is 0 Å². The Morgan fingerprint density at radius 2 is 2.00 bits per heavy atom. The molecule has 0 aliphatic heterocycles. The van der Waals surface area contributed by atoms with Crippen molar-refractivity contribution >= 4 is 39.9 Å². The predicted molar refractivity (Wildman–Crippen MR) is 99.6 cm³/mol. The third-order valence-electron chi connectivity index (χ3n) is 3.55. The van der Waals surface area contributed by atoms with Crippen LogP contribution in [0, 0.1) is 12.7 Å². The van der Waals surface area contributed by atoms with E-state index in [9.17, 15) is 14.0 Å². The van der Waals surface area contributed by atoms with E-state index in [1.54, 1.807) is 26.0 Å². The lowest BCUT2D eigenvalue weighted by Gasteiger charge is -2.19. The minimum absolute atomic E-state index is 0.159. The number of benzene rings is 1. The summed E-state index contributed by atoms with van der Waals surface area (Å²) in [5.41, 5.74) is 1.19. The highest BCUT2D eigenvalue weighted by atomic mass is 32.1. The van der Waals surface area contributed by atoms with Gasteiger partial charge in [0, 0.05) is 0 Å². The van der Waals surface area contributed by atoms with Crippen LogP contribution >= 0.6 is 22.9 Å². The number of carbonyl (C=O) groups is 2. The monoisotopic (exact) mass is 406 g/mol. The lowest BCUT2D eigenvalue weighted by Crippen LogP contribution is -2.29. The third-order valence-corrected chi connectivity index (χ3v) is 5.36. The van der Waals surface area contributed by atoms with Crippen LogP contribution in [0.1, 0.15) is 37.5 Å². The Balaban J connectivity index is 1.96. The van der Waals surface area contributed by atoms with Gasteiger partial charge in [0.15, 0.2) is 5.13 Å². The van der Waals surface area contributed by atoms with E-state index in [2.05, 4.69) is 14.6 Å². The number of hydrogen-bond acceptors (Lipinski definition) is 8. The van der Waals surface area contributed by atoms with Crippen molar-refractivity contribution in [2.24, 2.45) is 0 Å². The predicted octanol–water partition coefficient (Wildman–Crippen LogP) is 3.47. The number of nitrogens with zero attached hydrogens (tertiary/aromatic N) is 4. The molecule has 0 bridgehead atoms. The van der Waals surface area contributed by atoms with Crippen molar-refractivity contribution in [1.82, 2.24) is 14.6 Å². The average molecular weight is 406 g/mol. The molecule has 0 saturated carbocycles. The summed E-state index contributed by atoms with van der Waals surface area (Å²) >= 11 is 2.04. The number of carbonyl (C=O) groups excluding carboxylic acids is 2. The van der Waals surface area contributed by atoms with Crippen LogP contribution in [0.15, 0.2) is 30.5 Å². The second kappa shape index (κ2) is 8.31. The molecule has 0 unspecified atom stereocenters. The summed E-state index contributed by atoms with van der Waals surface area (Å²) in [7, 11) is 0. The first-order valence-corrected chi connectivity index (χ1v) is 9.56. The van der Waals surface area contributed by atoms with E-state index in [1.807, 2.05) is 0 Å². The van der Waals surface area contributed by atoms with Crippen molar-refractivity contribution in [2.75, 3.05) is 11.5 Å². The molecule has 7 nitrogen and oxygen atoms in total. The van der Waals surface area contributed by atoms with Crippen molar-refractivity contribution in [3.8, 4) is 0 Å². The number of esters is 1. The molecule has 3 rings (SSSR count). The number of aromatic nitrogens is 3. The fourth-order valence-electron chi connectivity index (χ4n) is 2.28. The van der Waals surface area contributed by atoms with Crippen LogP contribution in [0.5, 0.6) is 0 Å². The average Bonchev–Trinajstić information content (AvgIpc) is 3.31. The Morgan fingerprint density at radius 3 is 2.63 bits per heavy atom. The number of ether oxygens (including phenoxy) is 1. The summed E-state index contributed by atoms with van der Waals surface area (Å²) in [6.07, 6.45) is 1.37. The molecule has 1 aromatic carbocycles. The highest BCUT2D eigenvalue weighted by molar-refractivity contribution is 7.17. The lowest BCUT2D eigenvalue weighted by atomic mass is 10.2. The van der Waals surface area contributed by atoms with E-state index in [4.69, 9.17) is 4.74 Å². The van der Waals surface area contributed by atoms with Crippen LogP contribution in [-0.2, 0) is 11.3 Å². The zero-order valence-electron chi connectivity index (χ0n) is 14.5. The van der Waals surface area contributed by atoms with Crippen molar-refractivity contribution in [3.05, 3.63) is 57.3 Å². The molecule has 0 aliphatic carbocycles. The van der Waals surface area contributed by atoms with Crippen LogP contribution in [0.2, 0.25) is 0 Å². The second-order valence-electron chi connectivity index (χ2n) is 5.43. The maximum atomic E-state index is 13.2. The van der Waals surface area contributed by atoms with E-state index >= 15 is 0 Å². The van der Waals surface area contributed by atoms with Gasteiger partial charge in [-0.15, -0.1) is 5.10 Å². The first-order chi connectivity index (χ1) is 13.0. The minimum Gasteiger partial charge on any atom is -0.462 e. The van der Waals surface area contributed by atoms with Gasteiger partial charge in [0.2, 0.25) is 0 Å². The summed E-state index contributed by atoms with van der Waals surface area (Å²) in [5, 5.41) is 4.04. The summed E-state index contributed by atoms with van der Waals surface area (Å²) in [5.74, 6) is -1.19. The topological polar surface area (TPSA) is 85.3 Å². The number of amides is 1. The Hall–Kier alpha value is -2.72. The van der Waals surface area contributed by atoms with Gasteiger partial charge in [-0.25, -0.2) is 14.2 Å². The zero-order valence-corrected chi connectivity index (χ0v) is 16.1. The quantitative estimate of drug-likeness (QED) is 0.583. The molecule has 0 aliphatic rings. The summed E-state index contributed by atoms with van der Waals surface area (Å²) in [6, 6.07) is 5.83. The molecule has 3 aromatic rings. The summed E-state index contributed by atoms with van der Waals surface area (Å²) in [4.78, 5) is 31.5. The van der Waals surface area contributed by atoms with Gasteiger partial charge in [-0.1, -0.05) is 28.0 Å². The van der Waals surface area contributed by atoms with Gasteiger partial charge in [-0.05, 0) is 43.1 Å². The zero-order chi connectivity index (χ0) is 19.4. The molecular weight excluding hydrogens is 391 g/mol. The Kier molecular flexibility index (Phi) is 5.87.